The fraction of sp³-hybridized carbons (Fsp3) is 0.289. The molecule has 0 aromatic heterocycles. The Kier molecular flexibility index (Phi) is 12.4. The summed E-state index contributed by atoms with van der Waals surface area (Å²) < 4.78 is 17.3. The van der Waals surface area contributed by atoms with Crippen molar-refractivity contribution in [3.63, 3.8) is 0 Å². The van der Waals surface area contributed by atoms with Gasteiger partial charge in [0.1, 0.15) is 30.2 Å². The zero-order valence-electron chi connectivity index (χ0n) is 26.6. The molecule has 4 aromatic rings. The Morgan fingerprint density at radius 1 is 0.783 bits per heavy atom. The van der Waals surface area contributed by atoms with E-state index in [2.05, 4.69) is 48.1 Å². The molecule has 0 bridgehead atoms. The molecule has 4 aromatic carbocycles. The second-order valence-electron chi connectivity index (χ2n) is 10.9. The van der Waals surface area contributed by atoms with Crippen molar-refractivity contribution >= 4 is 39.3 Å². The van der Waals surface area contributed by atoms with E-state index in [0.717, 1.165) is 38.4 Å². The number of hydrogen-bond acceptors (Lipinski definition) is 6. The number of fused-ring (bicyclic) bond motifs is 2. The average Bonchev–Trinajstić information content (AvgIpc) is 3.08. The van der Waals surface area contributed by atoms with E-state index in [1.165, 1.54) is 13.2 Å². The third-order valence-electron chi connectivity index (χ3n) is 7.63. The number of ether oxygens (including phenoxy) is 3. The molecule has 4 rings (SSSR count). The standard InChI is InChI=1S/C38H42N2O6/c1-5-13-30(37(42)40-31(14-6-2)38(43)44-4)39-34(41)19-12-25-46-33-23-21-27-16-9-11-18-29(27)36(33)35-28-17-10-8-15-26(28)20-22-32(35)45-24-7-3/h6-11,15-18,20-23,30-31H,2-3,5,12-14,19,24-25H2,1,4H3,(H,39,41)(H,40,42)/t30-,31+/m1/s1. The Morgan fingerprint density at radius 2 is 1.39 bits per heavy atom. The fourth-order valence-electron chi connectivity index (χ4n) is 5.44. The number of hydrogen-bond donors (Lipinski definition) is 2. The molecule has 8 heteroatoms. The minimum Gasteiger partial charge on any atom is -0.493 e. The Balaban J connectivity index is 1.51. The SMILES string of the molecule is C=CCOc1ccc2ccccc2c1-c1c(OCCCC(=O)N[C@H](CCC)C(=O)N[C@@H](CC=C)C(=O)OC)ccc2ccccc12. The van der Waals surface area contributed by atoms with Gasteiger partial charge in [0.25, 0.3) is 0 Å². The molecule has 2 N–H and O–H groups in total. The van der Waals surface area contributed by atoms with Gasteiger partial charge >= 0.3 is 5.97 Å². The van der Waals surface area contributed by atoms with Crippen LogP contribution >= 0.6 is 0 Å². The molecule has 0 radical (unpaired) electrons. The first-order chi connectivity index (χ1) is 22.4. The van der Waals surface area contributed by atoms with Gasteiger partial charge in [0, 0.05) is 17.5 Å². The summed E-state index contributed by atoms with van der Waals surface area (Å²) in [5, 5.41) is 9.69. The Hall–Kier alpha value is -5.11. The van der Waals surface area contributed by atoms with E-state index in [4.69, 9.17) is 14.2 Å². The molecule has 0 saturated carbocycles. The molecule has 2 amide bonds. The molecule has 0 aliphatic rings. The third-order valence-corrected chi connectivity index (χ3v) is 7.63. The molecular formula is C38H42N2O6. The topological polar surface area (TPSA) is 103 Å². The van der Waals surface area contributed by atoms with Crippen molar-refractivity contribution in [3.8, 4) is 22.6 Å². The highest BCUT2D eigenvalue weighted by Crippen LogP contribution is 2.45. The summed E-state index contributed by atoms with van der Waals surface area (Å²) in [6.07, 6.45) is 5.16. The van der Waals surface area contributed by atoms with E-state index in [1.54, 1.807) is 6.08 Å². The predicted octanol–water partition coefficient (Wildman–Crippen LogP) is 6.90. The number of esters is 1. The van der Waals surface area contributed by atoms with E-state index in [0.29, 0.717) is 31.6 Å². The lowest BCUT2D eigenvalue weighted by atomic mass is 9.92. The monoisotopic (exact) mass is 622 g/mol. The van der Waals surface area contributed by atoms with Crippen LogP contribution in [-0.2, 0) is 19.1 Å². The first-order valence-electron chi connectivity index (χ1n) is 15.6. The molecule has 46 heavy (non-hydrogen) atoms. The van der Waals surface area contributed by atoms with E-state index >= 15 is 0 Å². The summed E-state index contributed by atoms with van der Waals surface area (Å²) >= 11 is 0. The number of carbonyl (C=O) groups is 3. The van der Waals surface area contributed by atoms with Crippen LogP contribution in [0.5, 0.6) is 11.5 Å². The van der Waals surface area contributed by atoms with Crippen molar-refractivity contribution in [1.29, 1.82) is 0 Å². The molecule has 2 atom stereocenters. The minimum absolute atomic E-state index is 0.158. The van der Waals surface area contributed by atoms with Crippen molar-refractivity contribution in [3.05, 3.63) is 98.1 Å². The van der Waals surface area contributed by atoms with Crippen molar-refractivity contribution in [1.82, 2.24) is 10.6 Å². The highest BCUT2D eigenvalue weighted by Gasteiger charge is 2.26. The quantitative estimate of drug-likeness (QED) is 0.0754. The number of carbonyl (C=O) groups excluding carboxylic acids is 3. The van der Waals surface area contributed by atoms with Crippen LogP contribution in [0.3, 0.4) is 0 Å². The summed E-state index contributed by atoms with van der Waals surface area (Å²) in [6.45, 7) is 10.0. The highest BCUT2D eigenvalue weighted by molar-refractivity contribution is 6.09. The van der Waals surface area contributed by atoms with Gasteiger partial charge in [-0.05, 0) is 52.9 Å². The zero-order chi connectivity index (χ0) is 32.9. The van der Waals surface area contributed by atoms with E-state index in [9.17, 15) is 14.4 Å². The Morgan fingerprint density at radius 3 is 1.96 bits per heavy atom. The van der Waals surface area contributed by atoms with Crippen LogP contribution in [0.15, 0.2) is 98.1 Å². The fourth-order valence-corrected chi connectivity index (χ4v) is 5.44. The molecule has 0 heterocycles. The summed E-state index contributed by atoms with van der Waals surface area (Å²) in [4.78, 5) is 37.9. The van der Waals surface area contributed by atoms with Crippen molar-refractivity contribution in [2.75, 3.05) is 20.3 Å². The van der Waals surface area contributed by atoms with Crippen LogP contribution in [0.1, 0.15) is 39.0 Å². The van der Waals surface area contributed by atoms with Gasteiger partial charge in [0.15, 0.2) is 0 Å². The minimum atomic E-state index is -0.861. The van der Waals surface area contributed by atoms with Crippen LogP contribution in [0, 0.1) is 0 Å². The molecule has 0 unspecified atom stereocenters. The van der Waals surface area contributed by atoms with Crippen LogP contribution < -0.4 is 20.1 Å². The first kappa shape index (κ1) is 33.8. The molecule has 0 aliphatic carbocycles. The van der Waals surface area contributed by atoms with E-state index in [-0.39, 0.29) is 25.4 Å². The zero-order valence-corrected chi connectivity index (χ0v) is 26.6. The van der Waals surface area contributed by atoms with Gasteiger partial charge in [0.2, 0.25) is 11.8 Å². The van der Waals surface area contributed by atoms with Gasteiger partial charge in [-0.2, -0.15) is 0 Å². The van der Waals surface area contributed by atoms with Crippen molar-refractivity contribution in [2.24, 2.45) is 0 Å². The van der Waals surface area contributed by atoms with Crippen molar-refractivity contribution in [2.45, 2.75) is 51.1 Å². The second kappa shape index (κ2) is 16.8. The van der Waals surface area contributed by atoms with Gasteiger partial charge in [-0.15, -0.1) is 6.58 Å². The first-order valence-corrected chi connectivity index (χ1v) is 15.6. The number of methoxy groups -OCH3 is 1. The Labute approximate surface area is 270 Å². The highest BCUT2D eigenvalue weighted by atomic mass is 16.5. The maximum atomic E-state index is 12.9. The molecule has 240 valence electrons. The Bertz CT molecular complexity index is 1700. The molecule has 0 fully saturated rings. The van der Waals surface area contributed by atoms with Crippen LogP contribution in [0.2, 0.25) is 0 Å². The maximum absolute atomic E-state index is 12.9. The molecule has 0 spiro atoms. The summed E-state index contributed by atoms with van der Waals surface area (Å²) in [6, 6.07) is 22.7. The lowest BCUT2D eigenvalue weighted by Gasteiger charge is -2.21. The smallest absolute Gasteiger partial charge is 0.328 e. The largest absolute Gasteiger partial charge is 0.493 e. The van der Waals surface area contributed by atoms with Gasteiger partial charge in [-0.3, -0.25) is 9.59 Å². The molecule has 0 aliphatic heterocycles. The van der Waals surface area contributed by atoms with E-state index < -0.39 is 24.0 Å². The van der Waals surface area contributed by atoms with Crippen LogP contribution in [-0.4, -0.2) is 50.2 Å². The van der Waals surface area contributed by atoms with Gasteiger partial charge < -0.3 is 24.8 Å². The maximum Gasteiger partial charge on any atom is 0.328 e. The normalized spacial score (nSPS) is 12.1. The predicted molar refractivity (Wildman–Crippen MR) is 183 cm³/mol. The average molecular weight is 623 g/mol. The van der Waals surface area contributed by atoms with Crippen LogP contribution in [0.4, 0.5) is 0 Å². The molecule has 0 saturated heterocycles. The second-order valence-corrected chi connectivity index (χ2v) is 10.9. The molecule has 8 nitrogen and oxygen atoms in total. The van der Waals surface area contributed by atoms with Gasteiger partial charge in [-0.1, -0.05) is 92.7 Å². The van der Waals surface area contributed by atoms with Gasteiger partial charge in [0.05, 0.1) is 13.7 Å². The lowest BCUT2D eigenvalue weighted by molar-refractivity contribution is -0.145. The van der Waals surface area contributed by atoms with E-state index in [1.807, 2.05) is 55.5 Å². The molecular weight excluding hydrogens is 580 g/mol. The van der Waals surface area contributed by atoms with Gasteiger partial charge in [-0.25, -0.2) is 4.79 Å². The van der Waals surface area contributed by atoms with Crippen LogP contribution in [0.25, 0.3) is 32.7 Å². The third kappa shape index (κ3) is 8.33. The summed E-state index contributed by atoms with van der Waals surface area (Å²) in [5.41, 5.74) is 1.84. The number of amides is 2. The number of benzene rings is 4. The summed E-state index contributed by atoms with van der Waals surface area (Å²) in [5.74, 6) is 0.126. The number of rotatable bonds is 17. The lowest BCUT2D eigenvalue weighted by Crippen LogP contribution is -2.51. The summed E-state index contributed by atoms with van der Waals surface area (Å²) in [7, 11) is 1.26. The van der Waals surface area contributed by atoms with Crippen molar-refractivity contribution < 1.29 is 28.6 Å². The number of nitrogens with one attached hydrogen (secondary N) is 2.